The van der Waals surface area contributed by atoms with Gasteiger partial charge in [-0.15, -0.1) is 0 Å². The Labute approximate surface area is 625 Å². The Kier molecular flexibility index (Phi) is 37.6. The molecule has 0 radical (unpaired) electrons. The summed E-state index contributed by atoms with van der Waals surface area (Å²) in [5.41, 5.74) is 24.8. The third kappa shape index (κ3) is 27.7. The lowest BCUT2D eigenvalue weighted by Gasteiger charge is -2.32. The highest BCUT2D eigenvalue weighted by molar-refractivity contribution is 6.00. The molecule has 3 heterocycles. The van der Waals surface area contributed by atoms with Crippen molar-refractivity contribution in [2.45, 2.75) is 269 Å². The Morgan fingerprint density at radius 3 is 0.934 bits per heavy atom. The zero-order valence-corrected chi connectivity index (χ0v) is 63.7. The number of amides is 12. The van der Waals surface area contributed by atoms with E-state index in [2.05, 4.69) is 53.2 Å². The second kappa shape index (κ2) is 45.2. The van der Waals surface area contributed by atoms with Gasteiger partial charge in [0.2, 0.25) is 70.9 Å². The molecule has 592 valence electrons. The van der Waals surface area contributed by atoms with Crippen LogP contribution in [0.2, 0.25) is 0 Å². The number of carbonyl (C=O) groups is 12. The van der Waals surface area contributed by atoms with Crippen molar-refractivity contribution in [2.75, 3.05) is 39.3 Å². The standard InChI is InChI=1S/C76H124N16O14/c1-9-47(7)63-73(103)87-57(41-45(3)4)67(97)81-53(21-11-15-35-77)65(95)83-56(24-14-18-38-80)76(106)92-40-20-26-62(92)72(102)86-60(44-50-29-33-52(94)34-30-50)70(100)90-64(48(8)10-2)74(104)88-58(42-46(5)6)68(98)82-54(22-12-16-36-78)66(96)84-55(23-13-17-37-79)75(105)91-39-19-25-61(91)71(101)85-59(69(99)89-63)43-49-27-31-51(93)32-28-49/h27-34,45-48,53-64,93-94H,9-26,35-44,77-80H2,1-8H3,(H,81,97)(H,82,98)(H,83,95)(H,84,96)(H,85,101)(H,86,102)(H,87,103)(H,88,104)(H,89,99)(H,90,100)/t47-,48-,53-,54-,55-,56-,57-,58-,59-,60-,61-,62-,63-,64-/m0/s1. The van der Waals surface area contributed by atoms with Gasteiger partial charge in [0.25, 0.3) is 0 Å². The van der Waals surface area contributed by atoms with E-state index >= 15 is 19.2 Å². The number of nitrogens with two attached hydrogens (primary N) is 4. The summed E-state index contributed by atoms with van der Waals surface area (Å²) in [5, 5.41) is 49.2. The number of hydrogen-bond acceptors (Lipinski definition) is 18. The number of nitrogens with one attached hydrogen (secondary N) is 10. The maximum absolute atomic E-state index is 15.1. The molecule has 0 bridgehead atoms. The van der Waals surface area contributed by atoms with E-state index in [1.807, 2.05) is 41.5 Å². The topological polar surface area (TPSA) is 476 Å². The van der Waals surface area contributed by atoms with Gasteiger partial charge in [-0.2, -0.15) is 0 Å². The highest BCUT2D eigenvalue weighted by atomic mass is 16.3. The maximum Gasteiger partial charge on any atom is 0.245 e. The monoisotopic (exact) mass is 1480 g/mol. The number of carbonyl (C=O) groups excluding carboxylic acids is 12. The highest BCUT2D eigenvalue weighted by Crippen LogP contribution is 2.25. The molecule has 0 aromatic heterocycles. The first kappa shape index (κ1) is 88.2. The molecule has 106 heavy (non-hydrogen) atoms. The SMILES string of the molecule is CC[C@H](C)[C@@H]1NC(=O)[C@H](Cc2ccc(O)cc2)NC(=O)[C@@H]2CCCN2C(=O)[C@H](CCCCN)NC(=O)[C@H](CCCCN)NC(=O)[C@H](CC(C)C)NC(=O)[C@H]([C@@H](C)CC)NC(=O)[C@H](Cc2ccc(O)cc2)NC(=O)[C@@H]2CCCN2C(=O)[C@H](CCCCN)NC(=O)[C@H](CCCCN)NC(=O)[C@H](CC(C)C)NC1=O. The van der Waals surface area contributed by atoms with Gasteiger partial charge in [-0.05, 0) is 201 Å². The lowest BCUT2D eigenvalue weighted by molar-refractivity contribution is -0.143. The molecule has 5 rings (SSSR count). The van der Waals surface area contributed by atoms with Crippen LogP contribution in [0.25, 0.3) is 0 Å². The van der Waals surface area contributed by atoms with E-state index in [4.69, 9.17) is 22.9 Å². The number of nitrogens with zero attached hydrogens (tertiary/aromatic N) is 2. The maximum atomic E-state index is 15.1. The fourth-order valence-electron chi connectivity index (χ4n) is 13.6. The number of hydrogen-bond donors (Lipinski definition) is 16. The lowest BCUT2D eigenvalue weighted by atomic mass is 9.95. The van der Waals surface area contributed by atoms with E-state index in [9.17, 15) is 48.6 Å². The third-order valence-electron chi connectivity index (χ3n) is 20.2. The molecule has 0 spiro atoms. The molecule has 3 aliphatic rings. The molecule has 12 amide bonds. The molecule has 2 aromatic carbocycles. The molecule has 30 nitrogen and oxygen atoms in total. The average molecular weight is 1490 g/mol. The van der Waals surface area contributed by atoms with Crippen LogP contribution in [0.4, 0.5) is 0 Å². The summed E-state index contributed by atoms with van der Waals surface area (Å²) in [5.74, 6) is -10.4. The van der Waals surface area contributed by atoms with Gasteiger partial charge >= 0.3 is 0 Å². The molecule has 14 atom stereocenters. The van der Waals surface area contributed by atoms with E-state index in [-0.39, 0.29) is 127 Å². The summed E-state index contributed by atoms with van der Waals surface area (Å²) in [4.78, 5) is 182. The minimum absolute atomic E-state index is 0.0578. The highest BCUT2D eigenvalue weighted by Gasteiger charge is 2.44. The number of unbranched alkanes of at least 4 members (excludes halogenated alkanes) is 4. The van der Waals surface area contributed by atoms with Crippen molar-refractivity contribution in [3.05, 3.63) is 59.7 Å². The van der Waals surface area contributed by atoms with E-state index < -0.39 is 155 Å². The molecule has 3 aliphatic heterocycles. The fraction of sp³-hybridized carbons (Fsp3) is 0.684. The van der Waals surface area contributed by atoms with Crippen molar-refractivity contribution < 1.29 is 67.7 Å². The Balaban J connectivity index is 1.66. The number of phenolic OH excluding ortho intramolecular Hbond substituents is 2. The van der Waals surface area contributed by atoms with E-state index in [0.717, 1.165) is 0 Å². The third-order valence-corrected chi connectivity index (χ3v) is 20.2. The van der Waals surface area contributed by atoms with Crippen LogP contribution in [0, 0.1) is 23.7 Å². The normalized spacial score (nSPS) is 25.8. The average Bonchev–Trinajstić information content (AvgIpc) is 1.67. The minimum Gasteiger partial charge on any atom is -0.508 e. The van der Waals surface area contributed by atoms with Crippen LogP contribution < -0.4 is 76.1 Å². The smallest absolute Gasteiger partial charge is 0.245 e. The van der Waals surface area contributed by atoms with Crippen molar-refractivity contribution in [1.29, 1.82) is 0 Å². The Morgan fingerprint density at radius 1 is 0.358 bits per heavy atom. The molecule has 30 heteroatoms. The van der Waals surface area contributed by atoms with Gasteiger partial charge in [0.05, 0.1) is 0 Å². The molecule has 0 aliphatic carbocycles. The molecule has 3 fully saturated rings. The van der Waals surface area contributed by atoms with Crippen molar-refractivity contribution in [3.63, 3.8) is 0 Å². The predicted octanol–water partition coefficient (Wildman–Crippen LogP) is 1.43. The molecule has 2 aromatic rings. The number of rotatable bonds is 28. The summed E-state index contributed by atoms with van der Waals surface area (Å²) >= 11 is 0. The van der Waals surface area contributed by atoms with Gasteiger partial charge in [0, 0.05) is 25.9 Å². The van der Waals surface area contributed by atoms with Crippen LogP contribution in [-0.4, -0.2) is 203 Å². The second-order valence-electron chi connectivity index (χ2n) is 29.8. The molecule has 0 unspecified atom stereocenters. The first-order chi connectivity index (χ1) is 50.6. The van der Waals surface area contributed by atoms with Crippen LogP contribution in [0.5, 0.6) is 11.5 Å². The summed E-state index contributed by atoms with van der Waals surface area (Å²) in [6.45, 7) is 15.6. The lowest BCUT2D eigenvalue weighted by Crippen LogP contribution is -2.62. The van der Waals surface area contributed by atoms with Gasteiger partial charge in [0.15, 0.2) is 0 Å². The van der Waals surface area contributed by atoms with E-state index in [1.165, 1.54) is 34.1 Å². The predicted molar refractivity (Wildman–Crippen MR) is 402 cm³/mol. The van der Waals surface area contributed by atoms with Gasteiger partial charge in [-0.1, -0.05) is 92.5 Å². The summed E-state index contributed by atoms with van der Waals surface area (Å²) < 4.78 is 0. The molecule has 3 saturated heterocycles. The van der Waals surface area contributed by atoms with Crippen molar-refractivity contribution in [1.82, 2.24) is 63.0 Å². The first-order valence-electron chi connectivity index (χ1n) is 38.6. The summed E-state index contributed by atoms with van der Waals surface area (Å²) in [6.07, 6.45) is 5.14. The quantitative estimate of drug-likeness (QED) is 0.0536. The molecular formula is C76H124N16O14. The van der Waals surface area contributed by atoms with Crippen molar-refractivity contribution in [3.8, 4) is 11.5 Å². The molecule has 0 saturated carbocycles. The molecule has 20 N–H and O–H groups in total. The van der Waals surface area contributed by atoms with Gasteiger partial charge in [-0.3, -0.25) is 57.5 Å². The van der Waals surface area contributed by atoms with E-state index in [0.29, 0.717) is 88.2 Å². The van der Waals surface area contributed by atoms with Crippen LogP contribution in [0.3, 0.4) is 0 Å². The van der Waals surface area contributed by atoms with Crippen LogP contribution in [0.15, 0.2) is 48.5 Å². The van der Waals surface area contributed by atoms with Gasteiger partial charge < -0.3 is 96.1 Å². The fourth-order valence-corrected chi connectivity index (χ4v) is 13.6. The number of benzene rings is 2. The molecular weight excluding hydrogens is 1360 g/mol. The van der Waals surface area contributed by atoms with Crippen LogP contribution in [-0.2, 0) is 70.4 Å². The Morgan fingerprint density at radius 2 is 0.632 bits per heavy atom. The number of aromatic hydroxyl groups is 2. The zero-order valence-electron chi connectivity index (χ0n) is 63.7. The second-order valence-corrected chi connectivity index (χ2v) is 29.8. The van der Waals surface area contributed by atoms with Gasteiger partial charge in [0.1, 0.15) is 84.0 Å². The Hall–Kier alpha value is -8.48. The van der Waals surface area contributed by atoms with Crippen molar-refractivity contribution >= 4 is 70.9 Å². The first-order valence-corrected chi connectivity index (χ1v) is 38.6. The number of fused-ring (bicyclic) bond motifs is 2. The summed E-state index contributed by atoms with van der Waals surface area (Å²) in [7, 11) is 0. The minimum atomic E-state index is -1.40. The van der Waals surface area contributed by atoms with Crippen LogP contribution >= 0.6 is 0 Å². The zero-order chi connectivity index (χ0) is 78.2. The largest absolute Gasteiger partial charge is 0.508 e. The summed E-state index contributed by atoms with van der Waals surface area (Å²) in [6, 6.07) is -3.45. The van der Waals surface area contributed by atoms with Gasteiger partial charge in [-0.25, -0.2) is 0 Å². The number of phenols is 2. The Bertz CT molecular complexity index is 2990. The van der Waals surface area contributed by atoms with Crippen molar-refractivity contribution in [2.24, 2.45) is 46.6 Å². The van der Waals surface area contributed by atoms with Crippen LogP contribution in [0.1, 0.15) is 195 Å². The van der Waals surface area contributed by atoms with E-state index in [1.54, 1.807) is 38.1 Å².